The Morgan fingerprint density at radius 3 is 2.69 bits per heavy atom. The summed E-state index contributed by atoms with van der Waals surface area (Å²) in [5, 5.41) is 16.2. The molecule has 4 rings (SSSR count). The quantitative estimate of drug-likeness (QED) is 0.394. The number of methoxy groups -OCH3 is 1. The standard InChI is InChI=1S/C23H26ClN7O3.C2H6/c1-34-19-6-5-15(10-18(19)24)11-27-21-17(22(33)28-13-20-25-7-3-8-26-20)12-29-23(30-21)31-9-2-4-16(31)14-32;1-2/h3,5-8,10,12,16,32H,2,4,9,11,13-14H2,1H3,(H,28,33)(H,27,29,30);1-2H3. The minimum Gasteiger partial charge on any atom is -0.495 e. The number of hydrogen-bond donors (Lipinski definition) is 3. The summed E-state index contributed by atoms with van der Waals surface area (Å²) in [5.74, 6) is 1.58. The molecule has 0 saturated carbocycles. The van der Waals surface area contributed by atoms with Crippen molar-refractivity contribution < 1.29 is 14.6 Å². The Bertz CT molecular complexity index is 1130. The third-order valence-corrected chi connectivity index (χ3v) is 5.86. The average Bonchev–Trinajstić information content (AvgIpc) is 3.41. The number of nitrogens with zero attached hydrogens (tertiary/aromatic N) is 5. The molecule has 1 unspecified atom stereocenters. The van der Waals surface area contributed by atoms with Crippen molar-refractivity contribution >= 4 is 29.3 Å². The molecule has 2 aromatic heterocycles. The van der Waals surface area contributed by atoms with Crippen molar-refractivity contribution in [2.24, 2.45) is 0 Å². The number of hydrogen-bond acceptors (Lipinski definition) is 9. The molecule has 3 N–H and O–H groups in total. The molecule has 1 amide bonds. The first-order valence-corrected chi connectivity index (χ1v) is 12.3. The van der Waals surface area contributed by atoms with Crippen LogP contribution in [0.15, 0.2) is 42.9 Å². The second-order valence-corrected chi connectivity index (χ2v) is 8.18. The molecule has 11 heteroatoms. The van der Waals surface area contributed by atoms with E-state index in [1.807, 2.05) is 24.8 Å². The molecular weight excluding hydrogens is 482 g/mol. The van der Waals surface area contributed by atoms with Crippen molar-refractivity contribution in [1.29, 1.82) is 0 Å². The van der Waals surface area contributed by atoms with Crippen LogP contribution in [0.4, 0.5) is 11.8 Å². The lowest BCUT2D eigenvalue weighted by Crippen LogP contribution is -2.34. The Labute approximate surface area is 216 Å². The normalized spacial score (nSPS) is 14.6. The molecule has 10 nitrogen and oxygen atoms in total. The number of ether oxygens (including phenoxy) is 1. The minimum absolute atomic E-state index is 0.0236. The smallest absolute Gasteiger partial charge is 0.256 e. The molecule has 0 spiro atoms. The highest BCUT2D eigenvalue weighted by molar-refractivity contribution is 6.32. The summed E-state index contributed by atoms with van der Waals surface area (Å²) >= 11 is 6.25. The molecule has 1 saturated heterocycles. The van der Waals surface area contributed by atoms with E-state index in [1.54, 1.807) is 37.7 Å². The van der Waals surface area contributed by atoms with Crippen molar-refractivity contribution in [3.8, 4) is 5.75 Å². The molecule has 1 aliphatic rings. The maximum Gasteiger partial charge on any atom is 0.256 e. The number of halogens is 1. The summed E-state index contributed by atoms with van der Waals surface area (Å²) in [6, 6.07) is 7.14. The average molecular weight is 514 g/mol. The van der Waals surface area contributed by atoms with Gasteiger partial charge in [-0.25, -0.2) is 15.0 Å². The SMILES string of the molecule is CC.COc1ccc(CNc2nc(N3CCCC3CO)ncc2C(=O)NCc2ncccn2)cc1Cl. The number of carbonyl (C=O) groups is 1. The van der Waals surface area contributed by atoms with Crippen LogP contribution in [0.5, 0.6) is 5.75 Å². The van der Waals surface area contributed by atoms with E-state index in [9.17, 15) is 9.90 Å². The van der Waals surface area contributed by atoms with Crippen LogP contribution in [0.3, 0.4) is 0 Å². The van der Waals surface area contributed by atoms with E-state index < -0.39 is 0 Å². The maximum absolute atomic E-state index is 13.0. The molecular formula is C25H32ClN7O3. The van der Waals surface area contributed by atoms with Crippen LogP contribution in [0, 0.1) is 0 Å². The summed E-state index contributed by atoms with van der Waals surface area (Å²) in [6.07, 6.45) is 6.55. The van der Waals surface area contributed by atoms with Crippen molar-refractivity contribution in [2.45, 2.75) is 45.8 Å². The predicted molar refractivity (Wildman–Crippen MR) is 139 cm³/mol. The van der Waals surface area contributed by atoms with Gasteiger partial charge in [-0.15, -0.1) is 0 Å². The van der Waals surface area contributed by atoms with Crippen LogP contribution in [-0.2, 0) is 13.1 Å². The third-order valence-electron chi connectivity index (χ3n) is 5.57. The molecule has 0 aliphatic carbocycles. The fourth-order valence-electron chi connectivity index (χ4n) is 3.78. The van der Waals surface area contributed by atoms with Crippen LogP contribution in [0.1, 0.15) is 48.4 Å². The van der Waals surface area contributed by atoms with Gasteiger partial charge >= 0.3 is 0 Å². The van der Waals surface area contributed by atoms with Crippen LogP contribution < -0.4 is 20.3 Å². The first kappa shape index (κ1) is 27.1. The van der Waals surface area contributed by atoms with Crippen LogP contribution in [0.2, 0.25) is 5.02 Å². The highest BCUT2D eigenvalue weighted by atomic mass is 35.5. The number of carbonyl (C=O) groups excluding carboxylic acids is 1. The molecule has 1 aromatic carbocycles. The van der Waals surface area contributed by atoms with E-state index in [4.69, 9.17) is 16.3 Å². The number of aliphatic hydroxyl groups excluding tert-OH is 1. The maximum atomic E-state index is 13.0. The molecule has 1 fully saturated rings. The first-order valence-electron chi connectivity index (χ1n) is 11.9. The highest BCUT2D eigenvalue weighted by Crippen LogP contribution is 2.27. The Hall–Kier alpha value is -3.50. The van der Waals surface area contributed by atoms with Gasteiger partial charge in [0.1, 0.15) is 23.0 Å². The molecule has 1 atom stereocenters. The summed E-state index contributed by atoms with van der Waals surface area (Å²) in [7, 11) is 1.56. The first-order chi connectivity index (χ1) is 17.6. The lowest BCUT2D eigenvalue weighted by molar-refractivity contribution is 0.0950. The molecule has 192 valence electrons. The van der Waals surface area contributed by atoms with E-state index in [0.29, 0.717) is 40.5 Å². The van der Waals surface area contributed by atoms with E-state index in [1.165, 1.54) is 6.20 Å². The van der Waals surface area contributed by atoms with Gasteiger partial charge in [-0.3, -0.25) is 4.79 Å². The Balaban J connectivity index is 0.00000176. The fraction of sp³-hybridized carbons (Fsp3) is 0.400. The number of aliphatic hydroxyl groups is 1. The van der Waals surface area contributed by atoms with Gasteiger partial charge in [-0.2, -0.15) is 4.98 Å². The van der Waals surface area contributed by atoms with Crippen molar-refractivity contribution in [3.63, 3.8) is 0 Å². The lowest BCUT2D eigenvalue weighted by Gasteiger charge is -2.24. The summed E-state index contributed by atoms with van der Waals surface area (Å²) in [6.45, 7) is 5.32. The number of nitrogens with one attached hydrogen (secondary N) is 2. The minimum atomic E-state index is -0.352. The zero-order valence-corrected chi connectivity index (χ0v) is 21.5. The van der Waals surface area contributed by atoms with E-state index >= 15 is 0 Å². The molecule has 0 bridgehead atoms. The number of anilines is 2. The number of benzene rings is 1. The summed E-state index contributed by atoms with van der Waals surface area (Å²) < 4.78 is 5.21. The zero-order valence-electron chi connectivity index (χ0n) is 20.7. The lowest BCUT2D eigenvalue weighted by atomic mass is 10.2. The molecule has 3 heterocycles. The molecule has 36 heavy (non-hydrogen) atoms. The molecule has 1 aliphatic heterocycles. The largest absolute Gasteiger partial charge is 0.495 e. The van der Waals surface area contributed by atoms with E-state index in [0.717, 1.165) is 24.9 Å². The second-order valence-electron chi connectivity index (χ2n) is 7.77. The van der Waals surface area contributed by atoms with Gasteiger partial charge in [0.25, 0.3) is 5.91 Å². The number of amides is 1. The second kappa shape index (κ2) is 13.6. The highest BCUT2D eigenvalue weighted by Gasteiger charge is 2.27. The number of aromatic nitrogens is 4. The van der Waals surface area contributed by atoms with Crippen molar-refractivity contribution in [1.82, 2.24) is 25.3 Å². The Morgan fingerprint density at radius 2 is 2.00 bits per heavy atom. The Morgan fingerprint density at radius 1 is 1.22 bits per heavy atom. The number of rotatable bonds is 9. The van der Waals surface area contributed by atoms with Crippen molar-refractivity contribution in [2.75, 3.05) is 30.5 Å². The van der Waals surface area contributed by atoms with E-state index in [-0.39, 0.29) is 25.1 Å². The van der Waals surface area contributed by atoms with Gasteiger partial charge in [0.05, 0.1) is 31.3 Å². The van der Waals surface area contributed by atoms with Gasteiger partial charge in [-0.1, -0.05) is 31.5 Å². The van der Waals surface area contributed by atoms with Crippen molar-refractivity contribution in [3.05, 3.63) is 64.8 Å². The van der Waals surface area contributed by atoms with Gasteiger partial charge in [0.2, 0.25) is 5.95 Å². The summed E-state index contributed by atoms with van der Waals surface area (Å²) in [5.41, 5.74) is 1.18. The van der Waals surface area contributed by atoms with Crippen LogP contribution >= 0.6 is 11.6 Å². The van der Waals surface area contributed by atoms with E-state index in [2.05, 4.69) is 30.6 Å². The molecule has 3 aromatic rings. The van der Waals surface area contributed by atoms with Gasteiger partial charge < -0.3 is 25.4 Å². The monoisotopic (exact) mass is 513 g/mol. The summed E-state index contributed by atoms with van der Waals surface area (Å²) in [4.78, 5) is 32.2. The van der Waals surface area contributed by atoms with Gasteiger partial charge in [0.15, 0.2) is 0 Å². The third kappa shape index (κ3) is 6.79. The molecule has 0 radical (unpaired) electrons. The fourth-order valence-corrected chi connectivity index (χ4v) is 4.06. The zero-order chi connectivity index (χ0) is 25.9. The van der Waals surface area contributed by atoms with Gasteiger partial charge in [-0.05, 0) is 36.6 Å². The van der Waals surface area contributed by atoms with Crippen LogP contribution in [0.25, 0.3) is 0 Å². The van der Waals surface area contributed by atoms with Gasteiger partial charge in [0, 0.05) is 31.7 Å². The topological polar surface area (TPSA) is 125 Å². The van der Waals surface area contributed by atoms with Crippen LogP contribution in [-0.4, -0.2) is 57.3 Å². The Kier molecular flexibility index (Phi) is 10.2. The predicted octanol–water partition coefficient (Wildman–Crippen LogP) is 3.46.